The normalized spacial score (nSPS) is 12.5. The van der Waals surface area contributed by atoms with Gasteiger partial charge in [0.1, 0.15) is 11.3 Å². The van der Waals surface area contributed by atoms with E-state index in [2.05, 4.69) is 186 Å². The van der Waals surface area contributed by atoms with E-state index in [1.165, 1.54) is 44.5 Å². The van der Waals surface area contributed by atoms with Crippen LogP contribution in [-0.4, -0.2) is 6.71 Å². The third-order valence-electron chi connectivity index (χ3n) is 9.85. The van der Waals surface area contributed by atoms with Gasteiger partial charge >= 0.3 is 0 Å². The Morgan fingerprint density at radius 3 is 1.85 bits per heavy atom. The Hall–Kier alpha value is -6.26. The first-order valence-electron chi connectivity index (χ1n) is 16.5. The van der Waals surface area contributed by atoms with Crippen LogP contribution in [0.4, 0.5) is 34.1 Å². The highest BCUT2D eigenvalue weighted by Gasteiger charge is 2.45. The summed E-state index contributed by atoms with van der Waals surface area (Å²) in [4.78, 5) is 4.72. The van der Waals surface area contributed by atoms with Gasteiger partial charge in [-0.1, -0.05) is 109 Å². The molecule has 4 heteroatoms. The molecule has 0 radical (unpaired) electrons. The summed E-state index contributed by atoms with van der Waals surface area (Å²) in [6.45, 7) is 0.0671. The maximum absolute atomic E-state index is 6.92. The molecule has 10 rings (SSSR count). The average Bonchev–Trinajstić information content (AvgIpc) is 3.69. The van der Waals surface area contributed by atoms with Crippen LogP contribution in [0.1, 0.15) is 0 Å². The van der Waals surface area contributed by atoms with Gasteiger partial charge in [0.2, 0.25) is 0 Å². The Morgan fingerprint density at radius 2 is 1.15 bits per heavy atom. The van der Waals surface area contributed by atoms with Crippen molar-refractivity contribution < 1.29 is 4.42 Å². The van der Waals surface area contributed by atoms with Crippen LogP contribution in [0, 0.1) is 0 Å². The summed E-state index contributed by atoms with van der Waals surface area (Å²) < 4.78 is 6.92. The molecular weight excluding hydrogens is 583 g/mol. The number of furan rings is 1. The SMILES string of the molecule is c1ccc(-c2ccc3c(c2)N(c2ccccc2)c2cccc4c2B3c2c-4oc3cc(N(c4ccccc4)c4ccccc4)ccc23)cc1. The number of nitrogens with zero attached hydrogens (tertiary/aromatic N) is 2. The third-order valence-corrected chi connectivity index (χ3v) is 9.85. The van der Waals surface area contributed by atoms with Gasteiger partial charge in [-0.3, -0.25) is 0 Å². The van der Waals surface area contributed by atoms with E-state index in [1.54, 1.807) is 0 Å². The molecule has 0 N–H and O–H groups in total. The standard InChI is InChI=1S/C44H29BN2O/c1-5-14-30(15-6-1)31-24-27-38-40(28-31)47(34-20-11-4-12-21-34)39-23-13-22-37-42(39)45(38)43-36-26-25-35(29-41(36)48-44(37)43)46(32-16-7-2-8-17-32)33-18-9-3-10-19-33/h1-29H. The Morgan fingerprint density at radius 1 is 0.479 bits per heavy atom. The summed E-state index contributed by atoms with van der Waals surface area (Å²) in [5, 5.41) is 1.16. The Labute approximate surface area is 280 Å². The summed E-state index contributed by atoms with van der Waals surface area (Å²) in [5.74, 6) is 0.975. The molecule has 48 heavy (non-hydrogen) atoms. The van der Waals surface area contributed by atoms with Crippen LogP contribution in [0.25, 0.3) is 33.4 Å². The van der Waals surface area contributed by atoms with Crippen molar-refractivity contribution in [1.82, 2.24) is 0 Å². The molecule has 3 heterocycles. The molecular formula is C44H29BN2O. The molecule has 0 saturated carbocycles. The molecule has 0 atom stereocenters. The van der Waals surface area contributed by atoms with Crippen LogP contribution < -0.4 is 26.2 Å². The van der Waals surface area contributed by atoms with E-state index >= 15 is 0 Å². The van der Waals surface area contributed by atoms with Gasteiger partial charge in [0.05, 0.1) is 0 Å². The zero-order valence-electron chi connectivity index (χ0n) is 26.1. The topological polar surface area (TPSA) is 19.6 Å². The Kier molecular flexibility index (Phi) is 5.97. The number of benzene rings is 7. The van der Waals surface area contributed by atoms with E-state index in [0.717, 1.165) is 39.5 Å². The average molecular weight is 613 g/mol. The molecule has 0 aliphatic carbocycles. The Balaban J connectivity index is 1.19. The number of anilines is 6. The maximum Gasteiger partial charge on any atom is 0.253 e. The first-order chi connectivity index (χ1) is 23.8. The molecule has 0 amide bonds. The molecule has 0 spiro atoms. The minimum atomic E-state index is 0.0671. The molecule has 0 bridgehead atoms. The number of rotatable bonds is 5. The van der Waals surface area contributed by atoms with Crippen LogP contribution in [0.2, 0.25) is 0 Å². The van der Waals surface area contributed by atoms with E-state index < -0.39 is 0 Å². The van der Waals surface area contributed by atoms with E-state index in [1.807, 2.05) is 0 Å². The first kappa shape index (κ1) is 26.9. The van der Waals surface area contributed by atoms with E-state index in [9.17, 15) is 0 Å². The number of hydrogen-bond donors (Lipinski definition) is 0. The van der Waals surface area contributed by atoms with Crippen molar-refractivity contribution in [2.75, 3.05) is 9.80 Å². The largest absolute Gasteiger partial charge is 0.457 e. The van der Waals surface area contributed by atoms with Gasteiger partial charge in [-0.2, -0.15) is 0 Å². The zero-order chi connectivity index (χ0) is 31.6. The summed E-state index contributed by atoms with van der Waals surface area (Å²) in [7, 11) is 0. The fraction of sp³-hybridized carbons (Fsp3) is 0. The van der Waals surface area contributed by atoms with Crippen LogP contribution in [-0.2, 0) is 0 Å². The molecule has 0 saturated heterocycles. The predicted molar refractivity (Wildman–Crippen MR) is 201 cm³/mol. The van der Waals surface area contributed by atoms with Gasteiger partial charge in [0.25, 0.3) is 6.71 Å². The van der Waals surface area contributed by atoms with Crippen molar-refractivity contribution in [3.8, 4) is 22.5 Å². The molecule has 3 nitrogen and oxygen atoms in total. The van der Waals surface area contributed by atoms with Gasteiger partial charge in [-0.25, -0.2) is 0 Å². The fourth-order valence-electron chi connectivity index (χ4n) is 7.81. The van der Waals surface area contributed by atoms with E-state index in [4.69, 9.17) is 4.42 Å². The molecule has 2 aliphatic rings. The second-order valence-electron chi connectivity index (χ2n) is 12.5. The van der Waals surface area contributed by atoms with Crippen LogP contribution in [0.3, 0.4) is 0 Å². The smallest absolute Gasteiger partial charge is 0.253 e. The number of fused-ring (bicyclic) bond motifs is 7. The van der Waals surface area contributed by atoms with Crippen molar-refractivity contribution in [3.63, 3.8) is 0 Å². The van der Waals surface area contributed by atoms with Gasteiger partial charge in [0.15, 0.2) is 0 Å². The fourth-order valence-corrected chi connectivity index (χ4v) is 7.81. The number of para-hydroxylation sites is 3. The van der Waals surface area contributed by atoms with Crippen molar-refractivity contribution in [2.45, 2.75) is 0 Å². The van der Waals surface area contributed by atoms with Crippen molar-refractivity contribution in [2.24, 2.45) is 0 Å². The lowest BCUT2D eigenvalue weighted by Gasteiger charge is -2.36. The van der Waals surface area contributed by atoms with Crippen LogP contribution in [0.5, 0.6) is 0 Å². The molecule has 0 fully saturated rings. The molecule has 7 aromatic carbocycles. The highest BCUT2D eigenvalue weighted by Crippen LogP contribution is 2.44. The quantitative estimate of drug-likeness (QED) is 0.181. The molecule has 2 aliphatic heterocycles. The van der Waals surface area contributed by atoms with Crippen molar-refractivity contribution >= 4 is 68.2 Å². The summed E-state index contributed by atoms with van der Waals surface area (Å²) in [5.41, 5.74) is 15.2. The van der Waals surface area contributed by atoms with Gasteiger partial charge < -0.3 is 14.2 Å². The predicted octanol–water partition coefficient (Wildman–Crippen LogP) is 9.85. The van der Waals surface area contributed by atoms with Gasteiger partial charge in [0, 0.05) is 51.1 Å². The van der Waals surface area contributed by atoms with Crippen molar-refractivity contribution in [1.29, 1.82) is 0 Å². The zero-order valence-corrected chi connectivity index (χ0v) is 26.1. The Bertz CT molecular complexity index is 2420. The second-order valence-corrected chi connectivity index (χ2v) is 12.5. The molecule has 8 aromatic rings. The van der Waals surface area contributed by atoms with Crippen LogP contribution in [0.15, 0.2) is 180 Å². The molecule has 0 unspecified atom stereocenters. The lowest BCUT2D eigenvalue weighted by molar-refractivity contribution is 0.635. The second kappa shape index (κ2) is 10.6. The van der Waals surface area contributed by atoms with E-state index in [-0.39, 0.29) is 6.71 Å². The summed E-state index contributed by atoms with van der Waals surface area (Å²) >= 11 is 0. The summed E-state index contributed by atoms with van der Waals surface area (Å²) in [6.07, 6.45) is 0. The minimum absolute atomic E-state index is 0.0671. The van der Waals surface area contributed by atoms with Gasteiger partial charge in [-0.05, 0) is 88.2 Å². The highest BCUT2D eigenvalue weighted by molar-refractivity contribution is 7.02. The minimum Gasteiger partial charge on any atom is -0.457 e. The lowest BCUT2D eigenvalue weighted by atomic mass is 9.37. The summed E-state index contributed by atoms with van der Waals surface area (Å²) in [6, 6.07) is 62.8. The van der Waals surface area contributed by atoms with Crippen LogP contribution >= 0.6 is 0 Å². The number of hydrogen-bond acceptors (Lipinski definition) is 3. The highest BCUT2D eigenvalue weighted by atomic mass is 16.3. The van der Waals surface area contributed by atoms with Gasteiger partial charge in [-0.15, -0.1) is 0 Å². The first-order valence-corrected chi connectivity index (χ1v) is 16.5. The molecule has 224 valence electrons. The molecule has 1 aromatic heterocycles. The third kappa shape index (κ3) is 4.03. The van der Waals surface area contributed by atoms with Crippen molar-refractivity contribution in [3.05, 3.63) is 176 Å². The van der Waals surface area contributed by atoms with E-state index in [0.29, 0.717) is 0 Å². The lowest BCUT2D eigenvalue weighted by Crippen LogP contribution is -2.54. The monoisotopic (exact) mass is 612 g/mol. The maximum atomic E-state index is 6.92.